The molecule has 0 unspecified atom stereocenters. The second-order valence-electron chi connectivity index (χ2n) is 6.64. The topological polar surface area (TPSA) is 87.4 Å². The van der Waals surface area contributed by atoms with Crippen molar-refractivity contribution in [3.8, 4) is 5.75 Å². The summed E-state index contributed by atoms with van der Waals surface area (Å²) < 4.78 is 5.76. The van der Waals surface area contributed by atoms with Gasteiger partial charge in [-0.1, -0.05) is 12.1 Å². The standard InChI is InChI=1S/C21H19N3O3/c1-12(2)23-21(26)20-19(16-8-9-22-11-18(16)27-20)24-14-6-7-15-13(10-14)4-3-5-17(15)25/h3-12,24-25H,1-2H3,(H,23,26). The molecule has 3 N–H and O–H groups in total. The lowest BCUT2D eigenvalue weighted by molar-refractivity contribution is 0.0918. The molecule has 0 aliphatic carbocycles. The molecule has 136 valence electrons. The van der Waals surface area contributed by atoms with Crippen LogP contribution >= 0.6 is 0 Å². The van der Waals surface area contributed by atoms with E-state index in [9.17, 15) is 9.90 Å². The molecule has 0 saturated heterocycles. The van der Waals surface area contributed by atoms with Crippen molar-refractivity contribution >= 4 is 39.0 Å². The Kier molecular flexibility index (Phi) is 4.16. The van der Waals surface area contributed by atoms with Crippen LogP contribution in [-0.2, 0) is 0 Å². The minimum Gasteiger partial charge on any atom is -0.507 e. The molecule has 2 aromatic carbocycles. The molecule has 2 aromatic heterocycles. The molecular weight excluding hydrogens is 342 g/mol. The number of phenols is 1. The van der Waals surface area contributed by atoms with E-state index in [-0.39, 0.29) is 23.5 Å². The number of benzene rings is 2. The van der Waals surface area contributed by atoms with Crippen molar-refractivity contribution in [2.75, 3.05) is 5.32 Å². The minimum absolute atomic E-state index is 0.0136. The van der Waals surface area contributed by atoms with Crippen LogP contribution < -0.4 is 10.6 Å². The molecule has 0 saturated carbocycles. The predicted octanol–water partition coefficient (Wildman–Crippen LogP) is 4.57. The van der Waals surface area contributed by atoms with Gasteiger partial charge in [-0.2, -0.15) is 0 Å². The van der Waals surface area contributed by atoms with Crippen LogP contribution in [0.1, 0.15) is 24.4 Å². The second kappa shape index (κ2) is 6.64. The van der Waals surface area contributed by atoms with Gasteiger partial charge in [0.05, 0.1) is 11.9 Å². The van der Waals surface area contributed by atoms with Gasteiger partial charge in [0.25, 0.3) is 5.91 Å². The number of carbonyl (C=O) groups is 1. The molecule has 6 heteroatoms. The number of aromatic hydroxyl groups is 1. The number of nitrogens with one attached hydrogen (secondary N) is 2. The number of carbonyl (C=O) groups excluding carboxylic acids is 1. The first-order valence-electron chi connectivity index (χ1n) is 8.69. The predicted molar refractivity (Wildman–Crippen MR) is 106 cm³/mol. The van der Waals surface area contributed by atoms with E-state index in [0.29, 0.717) is 11.3 Å². The summed E-state index contributed by atoms with van der Waals surface area (Å²) >= 11 is 0. The molecule has 4 aromatic rings. The van der Waals surface area contributed by atoms with Crippen molar-refractivity contribution in [3.05, 3.63) is 60.6 Å². The number of anilines is 2. The largest absolute Gasteiger partial charge is 0.507 e. The smallest absolute Gasteiger partial charge is 0.289 e. The molecule has 4 rings (SSSR count). The van der Waals surface area contributed by atoms with Gasteiger partial charge in [-0.3, -0.25) is 9.78 Å². The third-order valence-corrected chi connectivity index (χ3v) is 4.25. The van der Waals surface area contributed by atoms with Crippen molar-refractivity contribution in [2.24, 2.45) is 0 Å². The summed E-state index contributed by atoms with van der Waals surface area (Å²) in [5.41, 5.74) is 1.91. The van der Waals surface area contributed by atoms with Crippen LogP contribution in [0.3, 0.4) is 0 Å². The zero-order valence-corrected chi connectivity index (χ0v) is 15.0. The van der Waals surface area contributed by atoms with Gasteiger partial charge in [0.2, 0.25) is 5.76 Å². The fourth-order valence-corrected chi connectivity index (χ4v) is 3.05. The van der Waals surface area contributed by atoms with Gasteiger partial charge in [-0.15, -0.1) is 0 Å². The molecule has 0 fully saturated rings. The summed E-state index contributed by atoms with van der Waals surface area (Å²) in [7, 11) is 0. The zero-order chi connectivity index (χ0) is 19.0. The Hall–Kier alpha value is -3.54. The van der Waals surface area contributed by atoms with E-state index in [1.165, 1.54) is 0 Å². The number of phenolic OH excluding ortho intramolecular Hbond substituents is 1. The molecule has 2 heterocycles. The second-order valence-corrected chi connectivity index (χ2v) is 6.64. The molecule has 0 bridgehead atoms. The SMILES string of the molecule is CC(C)NC(=O)c1oc2cnccc2c1Nc1ccc2c(O)cccc2c1. The van der Waals surface area contributed by atoms with Gasteiger partial charge < -0.3 is 20.2 Å². The normalized spacial score (nSPS) is 11.2. The lowest BCUT2D eigenvalue weighted by atomic mass is 10.1. The maximum Gasteiger partial charge on any atom is 0.289 e. The molecule has 1 amide bonds. The highest BCUT2D eigenvalue weighted by molar-refractivity contribution is 6.07. The molecule has 0 spiro atoms. The maximum atomic E-state index is 12.6. The summed E-state index contributed by atoms with van der Waals surface area (Å²) in [5.74, 6) is 0.153. The Morgan fingerprint density at radius 1 is 1.15 bits per heavy atom. The Morgan fingerprint density at radius 2 is 2.00 bits per heavy atom. The van der Waals surface area contributed by atoms with Gasteiger partial charge in [0, 0.05) is 28.7 Å². The molecule has 0 radical (unpaired) electrons. The number of aromatic nitrogens is 1. The minimum atomic E-state index is -0.290. The number of hydrogen-bond donors (Lipinski definition) is 3. The van der Waals surface area contributed by atoms with E-state index in [4.69, 9.17) is 4.42 Å². The van der Waals surface area contributed by atoms with Crippen LogP contribution in [0.2, 0.25) is 0 Å². The Labute approximate surface area is 155 Å². The fourth-order valence-electron chi connectivity index (χ4n) is 3.05. The first-order chi connectivity index (χ1) is 13.0. The highest BCUT2D eigenvalue weighted by atomic mass is 16.3. The average molecular weight is 361 g/mol. The third-order valence-electron chi connectivity index (χ3n) is 4.25. The number of fused-ring (bicyclic) bond motifs is 2. The molecule has 0 atom stereocenters. The van der Waals surface area contributed by atoms with Gasteiger partial charge in [-0.05, 0) is 49.6 Å². The van der Waals surface area contributed by atoms with Gasteiger partial charge >= 0.3 is 0 Å². The van der Waals surface area contributed by atoms with Gasteiger partial charge in [0.15, 0.2) is 5.58 Å². The van der Waals surface area contributed by atoms with Crippen molar-refractivity contribution in [3.63, 3.8) is 0 Å². The van der Waals surface area contributed by atoms with E-state index in [2.05, 4.69) is 15.6 Å². The number of amides is 1. The van der Waals surface area contributed by atoms with E-state index < -0.39 is 0 Å². The maximum absolute atomic E-state index is 12.6. The van der Waals surface area contributed by atoms with E-state index in [1.54, 1.807) is 30.6 Å². The van der Waals surface area contributed by atoms with Gasteiger partial charge in [-0.25, -0.2) is 0 Å². The first-order valence-corrected chi connectivity index (χ1v) is 8.69. The van der Waals surface area contributed by atoms with Crippen LogP contribution in [0.4, 0.5) is 11.4 Å². The highest BCUT2D eigenvalue weighted by Gasteiger charge is 2.21. The summed E-state index contributed by atoms with van der Waals surface area (Å²) in [6, 6.07) is 12.8. The molecule has 27 heavy (non-hydrogen) atoms. The molecule has 6 nitrogen and oxygen atoms in total. The molecular formula is C21H19N3O3. The summed E-state index contributed by atoms with van der Waals surface area (Å²) in [6.07, 6.45) is 3.25. The molecule has 0 aliphatic heterocycles. The van der Waals surface area contributed by atoms with Crippen molar-refractivity contribution in [1.29, 1.82) is 0 Å². The summed E-state index contributed by atoms with van der Waals surface area (Å²) in [5, 5.41) is 18.6. The average Bonchev–Trinajstić information content (AvgIpc) is 3.00. The van der Waals surface area contributed by atoms with Crippen LogP contribution in [-0.4, -0.2) is 22.0 Å². The van der Waals surface area contributed by atoms with Crippen molar-refractivity contribution < 1.29 is 14.3 Å². The first kappa shape index (κ1) is 16.9. The van der Waals surface area contributed by atoms with E-state index in [1.807, 2.05) is 38.1 Å². The number of pyridine rings is 1. The van der Waals surface area contributed by atoms with Gasteiger partial charge in [0.1, 0.15) is 5.75 Å². The van der Waals surface area contributed by atoms with Crippen molar-refractivity contribution in [2.45, 2.75) is 19.9 Å². The summed E-state index contributed by atoms with van der Waals surface area (Å²) in [4.78, 5) is 16.7. The Morgan fingerprint density at radius 3 is 2.81 bits per heavy atom. The lowest BCUT2D eigenvalue weighted by Crippen LogP contribution is -2.30. The number of furan rings is 1. The number of rotatable bonds is 4. The number of nitrogens with zero attached hydrogens (tertiary/aromatic N) is 1. The monoisotopic (exact) mass is 361 g/mol. The zero-order valence-electron chi connectivity index (χ0n) is 15.0. The lowest BCUT2D eigenvalue weighted by Gasteiger charge is -2.11. The third kappa shape index (κ3) is 3.17. The Bertz CT molecular complexity index is 1150. The quantitative estimate of drug-likeness (QED) is 0.496. The van der Waals surface area contributed by atoms with Crippen LogP contribution in [0.5, 0.6) is 5.75 Å². The van der Waals surface area contributed by atoms with Crippen LogP contribution in [0, 0.1) is 0 Å². The summed E-state index contributed by atoms with van der Waals surface area (Å²) in [6.45, 7) is 3.79. The van der Waals surface area contributed by atoms with E-state index >= 15 is 0 Å². The van der Waals surface area contributed by atoms with E-state index in [0.717, 1.165) is 21.8 Å². The van der Waals surface area contributed by atoms with Crippen LogP contribution in [0.15, 0.2) is 59.3 Å². The molecule has 0 aliphatic rings. The highest BCUT2D eigenvalue weighted by Crippen LogP contribution is 2.34. The fraction of sp³-hybridized carbons (Fsp3) is 0.143. The number of hydrogen-bond acceptors (Lipinski definition) is 5. The Balaban J connectivity index is 1.80. The van der Waals surface area contributed by atoms with Crippen molar-refractivity contribution in [1.82, 2.24) is 10.3 Å². The van der Waals surface area contributed by atoms with Crippen LogP contribution in [0.25, 0.3) is 21.7 Å².